The van der Waals surface area contributed by atoms with Crippen LogP contribution in [0.25, 0.3) is 0 Å². The van der Waals surface area contributed by atoms with Crippen LogP contribution in [0.1, 0.15) is 42.5 Å². The number of aryl methyl sites for hydroxylation is 2. The summed E-state index contributed by atoms with van der Waals surface area (Å²) in [5.41, 5.74) is 3.84. The number of alkyl halides is 1. The monoisotopic (exact) mass is 331 g/mol. The van der Waals surface area contributed by atoms with Gasteiger partial charge < -0.3 is 0 Å². The highest BCUT2D eigenvalue weighted by Crippen LogP contribution is 2.25. The second-order valence-electron chi connectivity index (χ2n) is 4.80. The summed E-state index contributed by atoms with van der Waals surface area (Å²) in [5, 5.41) is 0. The standard InChI is InChI=1S/C13H18BrNO2S/c1-10(15-18(16,17)9-14)12-7-6-11-4-2-3-5-13(11)8-12/h6-8,10,15H,2-5,9H2,1H3. The van der Waals surface area contributed by atoms with Crippen molar-refractivity contribution in [2.45, 2.75) is 38.6 Å². The van der Waals surface area contributed by atoms with Gasteiger partial charge in [0.05, 0.1) is 0 Å². The smallest absolute Gasteiger partial charge is 0.212 e. The molecule has 0 heterocycles. The molecule has 1 unspecified atom stereocenters. The molecule has 0 spiro atoms. The van der Waals surface area contributed by atoms with Gasteiger partial charge in [-0.15, -0.1) is 0 Å². The highest BCUT2D eigenvalue weighted by Gasteiger charge is 2.16. The lowest BCUT2D eigenvalue weighted by Gasteiger charge is -2.19. The van der Waals surface area contributed by atoms with Crippen LogP contribution >= 0.6 is 15.9 Å². The van der Waals surface area contributed by atoms with Crippen LogP contribution in [0.4, 0.5) is 0 Å². The van der Waals surface area contributed by atoms with Crippen LogP contribution in [0, 0.1) is 0 Å². The topological polar surface area (TPSA) is 46.2 Å². The van der Waals surface area contributed by atoms with Crippen molar-refractivity contribution in [3.63, 3.8) is 0 Å². The van der Waals surface area contributed by atoms with E-state index in [1.54, 1.807) is 0 Å². The number of hydrogen-bond acceptors (Lipinski definition) is 2. The number of halogens is 1. The lowest BCUT2D eigenvalue weighted by molar-refractivity contribution is 0.572. The molecule has 0 aromatic heterocycles. The summed E-state index contributed by atoms with van der Waals surface area (Å²) >= 11 is 2.98. The molecule has 0 radical (unpaired) electrons. The summed E-state index contributed by atoms with van der Waals surface area (Å²) < 4.78 is 25.6. The summed E-state index contributed by atoms with van der Waals surface area (Å²) in [6.07, 6.45) is 4.76. The summed E-state index contributed by atoms with van der Waals surface area (Å²) in [7, 11) is -3.22. The third-order valence-corrected chi connectivity index (χ3v) is 6.18. The van der Waals surface area contributed by atoms with E-state index in [1.807, 2.05) is 13.0 Å². The molecule has 1 atom stereocenters. The molecule has 5 heteroatoms. The molecule has 1 N–H and O–H groups in total. The Hall–Kier alpha value is -0.390. The predicted molar refractivity (Wildman–Crippen MR) is 77.3 cm³/mol. The van der Waals surface area contributed by atoms with Gasteiger partial charge in [-0.3, -0.25) is 0 Å². The molecule has 2 rings (SSSR count). The van der Waals surface area contributed by atoms with Gasteiger partial charge in [-0.1, -0.05) is 34.1 Å². The van der Waals surface area contributed by atoms with Crippen molar-refractivity contribution in [3.05, 3.63) is 34.9 Å². The number of rotatable bonds is 4. The van der Waals surface area contributed by atoms with E-state index in [-0.39, 0.29) is 10.7 Å². The molecule has 0 aliphatic heterocycles. The maximum atomic E-state index is 11.5. The minimum absolute atomic E-state index is 0.0602. The lowest BCUT2D eigenvalue weighted by Crippen LogP contribution is -2.27. The van der Waals surface area contributed by atoms with Crippen molar-refractivity contribution < 1.29 is 8.42 Å². The zero-order valence-electron chi connectivity index (χ0n) is 10.4. The summed E-state index contributed by atoms with van der Waals surface area (Å²) in [4.78, 5) is 0. The summed E-state index contributed by atoms with van der Waals surface area (Å²) in [6, 6.07) is 6.14. The van der Waals surface area contributed by atoms with E-state index in [9.17, 15) is 8.42 Å². The molecule has 0 fully saturated rings. The minimum atomic E-state index is -3.22. The highest BCUT2D eigenvalue weighted by molar-refractivity contribution is 9.10. The van der Waals surface area contributed by atoms with Crippen molar-refractivity contribution in [3.8, 4) is 0 Å². The molecule has 1 aromatic carbocycles. The third kappa shape index (κ3) is 3.33. The number of hydrogen-bond donors (Lipinski definition) is 1. The zero-order chi connectivity index (χ0) is 13.2. The van der Waals surface area contributed by atoms with Gasteiger partial charge in [-0.25, -0.2) is 13.1 Å². The number of nitrogens with one attached hydrogen (secondary N) is 1. The largest absolute Gasteiger partial charge is 0.222 e. The molecule has 100 valence electrons. The van der Waals surface area contributed by atoms with E-state index >= 15 is 0 Å². The molecule has 1 aliphatic rings. The van der Waals surface area contributed by atoms with E-state index in [4.69, 9.17) is 0 Å². The third-order valence-electron chi connectivity index (χ3n) is 3.37. The fraction of sp³-hybridized carbons (Fsp3) is 0.538. The molecule has 0 saturated heterocycles. The van der Waals surface area contributed by atoms with Crippen LogP contribution in [0.2, 0.25) is 0 Å². The van der Waals surface area contributed by atoms with Gasteiger partial charge in [0.15, 0.2) is 0 Å². The zero-order valence-corrected chi connectivity index (χ0v) is 12.9. The predicted octanol–water partition coefficient (Wildman–Crippen LogP) is 2.90. The molecule has 0 amide bonds. The Bertz CT molecular complexity index is 528. The van der Waals surface area contributed by atoms with Crippen molar-refractivity contribution in [1.82, 2.24) is 4.72 Å². The van der Waals surface area contributed by atoms with Crippen molar-refractivity contribution in [2.24, 2.45) is 0 Å². The second kappa shape index (κ2) is 5.72. The van der Waals surface area contributed by atoms with Crippen LogP contribution < -0.4 is 4.72 Å². The van der Waals surface area contributed by atoms with Gasteiger partial charge in [-0.2, -0.15) is 0 Å². The van der Waals surface area contributed by atoms with Gasteiger partial charge in [0.25, 0.3) is 0 Å². The molecule has 1 aromatic rings. The van der Waals surface area contributed by atoms with Gasteiger partial charge in [0.1, 0.15) is 4.66 Å². The van der Waals surface area contributed by atoms with Crippen LogP contribution in [0.3, 0.4) is 0 Å². The summed E-state index contributed by atoms with van der Waals surface area (Å²) in [5.74, 6) is 0. The first kappa shape index (κ1) is 14.0. The normalized spacial score (nSPS) is 17.2. The van der Waals surface area contributed by atoms with Crippen LogP contribution in [0.15, 0.2) is 18.2 Å². The fourth-order valence-electron chi connectivity index (χ4n) is 2.39. The van der Waals surface area contributed by atoms with Gasteiger partial charge in [0, 0.05) is 6.04 Å². The Morgan fingerprint density at radius 3 is 2.61 bits per heavy atom. The van der Waals surface area contributed by atoms with Crippen LogP contribution in [-0.2, 0) is 22.9 Å². The molecule has 1 aliphatic carbocycles. The average Bonchev–Trinajstić information content (AvgIpc) is 2.37. The molecule has 0 bridgehead atoms. The Balaban J connectivity index is 2.18. The molecule has 18 heavy (non-hydrogen) atoms. The molecular formula is C13H18BrNO2S. The van der Waals surface area contributed by atoms with Crippen LogP contribution in [-0.4, -0.2) is 13.1 Å². The Labute approximate surface area is 117 Å². The van der Waals surface area contributed by atoms with E-state index in [0.717, 1.165) is 18.4 Å². The maximum absolute atomic E-state index is 11.5. The Morgan fingerprint density at radius 2 is 1.94 bits per heavy atom. The van der Waals surface area contributed by atoms with Crippen molar-refractivity contribution in [2.75, 3.05) is 4.66 Å². The van der Waals surface area contributed by atoms with E-state index < -0.39 is 10.0 Å². The SMILES string of the molecule is CC(NS(=O)(=O)CBr)c1ccc2c(c1)CCCC2. The minimum Gasteiger partial charge on any atom is -0.212 e. The molecular weight excluding hydrogens is 314 g/mol. The number of sulfonamides is 1. The number of benzene rings is 1. The lowest BCUT2D eigenvalue weighted by atomic mass is 9.89. The van der Waals surface area contributed by atoms with E-state index in [2.05, 4.69) is 32.8 Å². The molecule has 3 nitrogen and oxygen atoms in total. The quantitative estimate of drug-likeness (QED) is 0.862. The van der Waals surface area contributed by atoms with Crippen molar-refractivity contribution >= 4 is 26.0 Å². The highest BCUT2D eigenvalue weighted by atomic mass is 79.9. The van der Waals surface area contributed by atoms with Crippen LogP contribution in [0.5, 0.6) is 0 Å². The first-order valence-corrected chi connectivity index (χ1v) is 8.97. The van der Waals surface area contributed by atoms with Crippen molar-refractivity contribution in [1.29, 1.82) is 0 Å². The maximum Gasteiger partial charge on any atom is 0.222 e. The average molecular weight is 332 g/mol. The first-order chi connectivity index (χ1) is 8.52. The summed E-state index contributed by atoms with van der Waals surface area (Å²) in [6.45, 7) is 1.88. The van der Waals surface area contributed by atoms with Gasteiger partial charge in [0.2, 0.25) is 10.0 Å². The Kier molecular flexibility index (Phi) is 4.45. The van der Waals surface area contributed by atoms with E-state index in [1.165, 1.54) is 24.0 Å². The fourth-order valence-corrected chi connectivity index (χ4v) is 3.53. The number of fused-ring (bicyclic) bond motifs is 1. The van der Waals surface area contributed by atoms with Gasteiger partial charge in [-0.05, 0) is 49.3 Å². The first-order valence-electron chi connectivity index (χ1n) is 6.19. The second-order valence-corrected chi connectivity index (χ2v) is 7.86. The van der Waals surface area contributed by atoms with E-state index in [0.29, 0.717) is 0 Å². The Morgan fingerprint density at radius 1 is 1.28 bits per heavy atom. The molecule has 0 saturated carbocycles. The van der Waals surface area contributed by atoms with Gasteiger partial charge >= 0.3 is 0 Å².